The van der Waals surface area contributed by atoms with Crippen molar-refractivity contribution in [2.24, 2.45) is 11.3 Å². The predicted molar refractivity (Wildman–Crippen MR) is 86.9 cm³/mol. The molecule has 0 radical (unpaired) electrons. The van der Waals surface area contributed by atoms with Gasteiger partial charge in [-0.15, -0.1) is 0 Å². The molecule has 124 valence electrons. The Labute approximate surface area is 133 Å². The van der Waals surface area contributed by atoms with Gasteiger partial charge in [0.15, 0.2) is 0 Å². The molecule has 2 unspecified atom stereocenters. The summed E-state index contributed by atoms with van der Waals surface area (Å²) in [7, 11) is 6.98. The van der Waals surface area contributed by atoms with Gasteiger partial charge in [0.25, 0.3) is 0 Å². The Morgan fingerprint density at radius 2 is 1.59 bits per heavy atom. The highest BCUT2D eigenvalue weighted by Crippen LogP contribution is 2.63. The topological polar surface area (TPSA) is 36.9 Å². The Kier molecular flexibility index (Phi) is 5.61. The van der Waals surface area contributed by atoms with Gasteiger partial charge in [-0.05, 0) is 36.1 Å². The minimum Gasteiger partial charge on any atom is -0.383 e. The Balaban J connectivity index is 2.57. The van der Waals surface area contributed by atoms with E-state index in [9.17, 15) is 0 Å². The molecule has 0 N–H and O–H groups in total. The molecule has 0 aliphatic heterocycles. The maximum Gasteiger partial charge on any atom is 0.0686 e. The van der Waals surface area contributed by atoms with Crippen LogP contribution < -0.4 is 0 Å². The molecule has 2 aliphatic rings. The highest BCUT2D eigenvalue weighted by Gasteiger charge is 2.59. The first kappa shape index (κ1) is 17.4. The lowest BCUT2D eigenvalue weighted by Gasteiger charge is -2.51. The molecular formula is C18H28O4. The van der Waals surface area contributed by atoms with E-state index >= 15 is 0 Å². The van der Waals surface area contributed by atoms with Crippen molar-refractivity contribution in [2.75, 3.05) is 54.9 Å². The first-order valence-corrected chi connectivity index (χ1v) is 7.65. The van der Waals surface area contributed by atoms with Crippen LogP contribution in [-0.4, -0.2) is 54.9 Å². The van der Waals surface area contributed by atoms with E-state index in [0.717, 1.165) is 0 Å². The molecule has 0 saturated carbocycles. The summed E-state index contributed by atoms with van der Waals surface area (Å²) >= 11 is 0. The maximum absolute atomic E-state index is 5.61. The second-order valence-corrected chi connectivity index (χ2v) is 6.27. The first-order valence-electron chi connectivity index (χ1n) is 7.65. The summed E-state index contributed by atoms with van der Waals surface area (Å²) < 4.78 is 22.0. The van der Waals surface area contributed by atoms with Crippen LogP contribution in [0.1, 0.15) is 13.8 Å². The van der Waals surface area contributed by atoms with Crippen molar-refractivity contribution < 1.29 is 18.9 Å². The average Bonchev–Trinajstić information content (AvgIpc) is 2.75. The standard InChI is InChI=1S/C18H28O4/c1-12(2)14-7-13(8-19-3)18(11-22-6)16(10-21-5)15(9-20-4)17(14)18/h7,17H,8-11H2,1-6H3. The van der Waals surface area contributed by atoms with Gasteiger partial charge >= 0.3 is 0 Å². The smallest absolute Gasteiger partial charge is 0.0686 e. The first-order chi connectivity index (χ1) is 10.6. The third-order valence-corrected chi connectivity index (χ3v) is 4.82. The molecule has 0 aromatic heterocycles. The van der Waals surface area contributed by atoms with Gasteiger partial charge in [-0.25, -0.2) is 0 Å². The van der Waals surface area contributed by atoms with Crippen LogP contribution in [0, 0.1) is 11.3 Å². The second-order valence-electron chi connectivity index (χ2n) is 6.27. The van der Waals surface area contributed by atoms with E-state index in [-0.39, 0.29) is 5.41 Å². The Bertz CT molecular complexity index is 511. The molecular weight excluding hydrogens is 280 g/mol. The normalized spacial score (nSPS) is 26.9. The third kappa shape index (κ3) is 2.48. The molecule has 2 aliphatic carbocycles. The van der Waals surface area contributed by atoms with E-state index in [0.29, 0.717) is 32.3 Å². The van der Waals surface area contributed by atoms with Crippen LogP contribution >= 0.6 is 0 Å². The van der Waals surface area contributed by atoms with Crippen molar-refractivity contribution in [2.45, 2.75) is 13.8 Å². The number of fused-ring (bicyclic) bond motifs is 1. The molecule has 4 heteroatoms. The van der Waals surface area contributed by atoms with Crippen molar-refractivity contribution in [1.82, 2.24) is 0 Å². The van der Waals surface area contributed by atoms with Gasteiger partial charge in [-0.2, -0.15) is 0 Å². The van der Waals surface area contributed by atoms with Crippen LogP contribution in [0.3, 0.4) is 0 Å². The molecule has 2 atom stereocenters. The second kappa shape index (κ2) is 7.09. The van der Waals surface area contributed by atoms with Crippen LogP contribution in [0.2, 0.25) is 0 Å². The maximum atomic E-state index is 5.61. The summed E-state index contributed by atoms with van der Waals surface area (Å²) in [4.78, 5) is 0. The third-order valence-electron chi connectivity index (χ3n) is 4.82. The van der Waals surface area contributed by atoms with Gasteiger partial charge in [-0.3, -0.25) is 0 Å². The fourth-order valence-electron chi connectivity index (χ4n) is 4.03. The summed E-state index contributed by atoms with van der Waals surface area (Å²) in [6.45, 7) is 6.84. The Morgan fingerprint density at radius 1 is 0.955 bits per heavy atom. The number of hydrogen-bond acceptors (Lipinski definition) is 4. The van der Waals surface area contributed by atoms with Crippen molar-refractivity contribution in [1.29, 1.82) is 0 Å². The average molecular weight is 308 g/mol. The Hall–Kier alpha value is -0.940. The fourth-order valence-corrected chi connectivity index (χ4v) is 4.03. The molecule has 0 aromatic rings. The van der Waals surface area contributed by atoms with E-state index in [1.165, 1.54) is 27.9 Å². The largest absolute Gasteiger partial charge is 0.383 e. The molecule has 0 amide bonds. The molecule has 0 aromatic carbocycles. The summed E-state index contributed by atoms with van der Waals surface area (Å²) in [5, 5.41) is 0. The lowest BCUT2D eigenvalue weighted by atomic mass is 9.54. The summed E-state index contributed by atoms with van der Waals surface area (Å²) in [6.07, 6.45) is 2.29. The molecule has 0 saturated heterocycles. The van der Waals surface area contributed by atoms with E-state index < -0.39 is 0 Å². The van der Waals surface area contributed by atoms with Gasteiger partial charge in [0.05, 0.1) is 31.8 Å². The van der Waals surface area contributed by atoms with Gasteiger partial charge in [-0.1, -0.05) is 11.6 Å². The lowest BCUT2D eigenvalue weighted by molar-refractivity contribution is 0.0541. The monoisotopic (exact) mass is 308 g/mol. The molecule has 2 rings (SSSR count). The molecule has 22 heavy (non-hydrogen) atoms. The van der Waals surface area contributed by atoms with Gasteiger partial charge < -0.3 is 18.9 Å². The fraction of sp³-hybridized carbons (Fsp3) is 0.667. The summed E-state index contributed by atoms with van der Waals surface area (Å²) in [5.74, 6) is 0.327. The van der Waals surface area contributed by atoms with Crippen molar-refractivity contribution in [3.63, 3.8) is 0 Å². The number of hydrogen-bond donors (Lipinski definition) is 0. The molecule has 0 spiro atoms. The van der Waals surface area contributed by atoms with Crippen LogP contribution in [-0.2, 0) is 18.9 Å². The van der Waals surface area contributed by atoms with Gasteiger partial charge in [0.2, 0.25) is 0 Å². The van der Waals surface area contributed by atoms with Crippen molar-refractivity contribution >= 4 is 0 Å². The minimum atomic E-state index is -0.124. The number of allylic oxidation sites excluding steroid dienone is 3. The summed E-state index contributed by atoms with van der Waals surface area (Å²) in [5.41, 5.74) is 6.49. The highest BCUT2D eigenvalue weighted by atomic mass is 16.5. The van der Waals surface area contributed by atoms with Crippen LogP contribution in [0.25, 0.3) is 0 Å². The zero-order valence-corrected chi connectivity index (χ0v) is 14.6. The quantitative estimate of drug-likeness (QED) is 0.646. The molecule has 0 bridgehead atoms. The molecule has 0 heterocycles. The van der Waals surface area contributed by atoms with E-state index in [4.69, 9.17) is 18.9 Å². The Morgan fingerprint density at radius 3 is 2.09 bits per heavy atom. The zero-order valence-electron chi connectivity index (χ0n) is 14.6. The zero-order chi connectivity index (χ0) is 16.3. The SMILES string of the molecule is COCC1=CC(=C(C)C)C2C(COC)=C(COC)C12COC. The number of rotatable bonds is 8. The van der Waals surface area contributed by atoms with Crippen LogP contribution in [0.5, 0.6) is 0 Å². The van der Waals surface area contributed by atoms with Crippen molar-refractivity contribution in [3.8, 4) is 0 Å². The number of methoxy groups -OCH3 is 4. The van der Waals surface area contributed by atoms with Gasteiger partial charge in [0, 0.05) is 34.4 Å². The molecule has 4 nitrogen and oxygen atoms in total. The highest BCUT2D eigenvalue weighted by molar-refractivity contribution is 5.61. The van der Waals surface area contributed by atoms with E-state index in [2.05, 4.69) is 19.9 Å². The van der Waals surface area contributed by atoms with E-state index in [1.807, 2.05) is 0 Å². The summed E-state index contributed by atoms with van der Waals surface area (Å²) in [6, 6.07) is 0. The van der Waals surface area contributed by atoms with Crippen LogP contribution in [0.15, 0.2) is 33.9 Å². The van der Waals surface area contributed by atoms with Gasteiger partial charge in [0.1, 0.15) is 0 Å². The van der Waals surface area contributed by atoms with E-state index in [1.54, 1.807) is 28.4 Å². The predicted octanol–water partition coefficient (Wildman–Crippen LogP) is 2.76. The van der Waals surface area contributed by atoms with Crippen LogP contribution in [0.4, 0.5) is 0 Å². The number of ether oxygens (including phenoxy) is 4. The minimum absolute atomic E-state index is 0.124. The van der Waals surface area contributed by atoms with Crippen molar-refractivity contribution in [3.05, 3.63) is 33.9 Å². The lowest BCUT2D eigenvalue weighted by Crippen LogP contribution is -2.49. The molecule has 0 fully saturated rings.